The molecule has 88 valence electrons. The Labute approximate surface area is 91.7 Å². The summed E-state index contributed by atoms with van der Waals surface area (Å²) >= 11 is 0. The quantitative estimate of drug-likeness (QED) is 0.749. The van der Waals surface area contributed by atoms with Crippen molar-refractivity contribution < 1.29 is 9.63 Å². The van der Waals surface area contributed by atoms with Crippen LogP contribution in [0.15, 0.2) is 0 Å². The second-order valence-corrected chi connectivity index (χ2v) is 5.26. The van der Waals surface area contributed by atoms with Crippen LogP contribution in [0, 0.1) is 11.3 Å². The Hall–Kier alpha value is -0.610. The van der Waals surface area contributed by atoms with Crippen molar-refractivity contribution in [1.29, 1.82) is 0 Å². The molecule has 2 N–H and O–H groups in total. The number of hydroxylamine groups is 2. The predicted octanol–water partition coefficient (Wildman–Crippen LogP) is 1.16. The van der Waals surface area contributed by atoms with Crippen molar-refractivity contribution in [1.82, 2.24) is 5.06 Å². The van der Waals surface area contributed by atoms with Crippen LogP contribution in [-0.4, -0.2) is 30.7 Å². The van der Waals surface area contributed by atoms with Gasteiger partial charge in [-0.25, -0.2) is 4.79 Å². The Balaban J connectivity index is 2.41. The maximum absolute atomic E-state index is 11.6. The number of carbonyl (C=O) groups is 1. The first-order valence-corrected chi connectivity index (χ1v) is 5.61. The Morgan fingerprint density at radius 1 is 1.53 bits per heavy atom. The van der Waals surface area contributed by atoms with E-state index in [-0.39, 0.29) is 5.97 Å². The van der Waals surface area contributed by atoms with Gasteiger partial charge < -0.3 is 10.6 Å². The zero-order chi connectivity index (χ0) is 11.5. The van der Waals surface area contributed by atoms with Crippen LogP contribution in [0.4, 0.5) is 0 Å². The Morgan fingerprint density at radius 2 is 2.20 bits per heavy atom. The van der Waals surface area contributed by atoms with Gasteiger partial charge in [-0.1, -0.05) is 0 Å². The molecule has 0 radical (unpaired) electrons. The number of piperidine rings is 1. The van der Waals surface area contributed by atoms with Gasteiger partial charge in [0.2, 0.25) is 0 Å². The first-order chi connectivity index (χ1) is 6.93. The molecule has 1 fully saturated rings. The highest BCUT2D eigenvalue weighted by molar-refractivity contribution is 5.75. The zero-order valence-electron chi connectivity index (χ0n) is 9.95. The molecule has 0 aliphatic carbocycles. The van der Waals surface area contributed by atoms with Crippen LogP contribution in [0.25, 0.3) is 0 Å². The fourth-order valence-electron chi connectivity index (χ4n) is 1.56. The van der Waals surface area contributed by atoms with Crippen molar-refractivity contribution in [3.05, 3.63) is 0 Å². The molecule has 0 aromatic heterocycles. The third kappa shape index (κ3) is 3.80. The fraction of sp³-hybridized carbons (Fsp3) is 0.909. The Kier molecular flexibility index (Phi) is 4.11. The van der Waals surface area contributed by atoms with Gasteiger partial charge >= 0.3 is 5.97 Å². The van der Waals surface area contributed by atoms with Gasteiger partial charge in [-0.3, -0.25) is 0 Å². The normalized spacial score (nSPS) is 23.9. The second-order valence-electron chi connectivity index (χ2n) is 5.26. The van der Waals surface area contributed by atoms with Crippen molar-refractivity contribution >= 4 is 5.97 Å². The van der Waals surface area contributed by atoms with E-state index in [0.717, 1.165) is 25.9 Å². The van der Waals surface area contributed by atoms with Crippen molar-refractivity contribution in [2.45, 2.75) is 33.6 Å². The molecule has 1 unspecified atom stereocenters. The first kappa shape index (κ1) is 12.5. The molecular formula is C11H22N2O2. The standard InChI is InChI=1S/C11H22N2O2/c1-11(2,3)10(14)15-13-6-4-5-9(7-12)8-13/h9H,4-8,12H2,1-3H3. The monoisotopic (exact) mass is 214 g/mol. The molecule has 0 spiro atoms. The van der Waals surface area contributed by atoms with Gasteiger partial charge in [0, 0.05) is 13.1 Å². The van der Waals surface area contributed by atoms with E-state index in [4.69, 9.17) is 10.6 Å². The number of carbonyl (C=O) groups excluding carboxylic acids is 1. The fourth-order valence-corrected chi connectivity index (χ4v) is 1.56. The lowest BCUT2D eigenvalue weighted by Gasteiger charge is -2.32. The summed E-state index contributed by atoms with van der Waals surface area (Å²) in [5, 5.41) is 1.76. The molecule has 4 heteroatoms. The molecular weight excluding hydrogens is 192 g/mol. The van der Waals surface area contributed by atoms with Crippen LogP contribution in [-0.2, 0) is 9.63 Å². The summed E-state index contributed by atoms with van der Waals surface area (Å²) in [7, 11) is 0. The number of nitrogens with two attached hydrogens (primary N) is 1. The summed E-state index contributed by atoms with van der Waals surface area (Å²) in [6, 6.07) is 0. The molecule has 1 aliphatic rings. The molecule has 1 atom stereocenters. The molecule has 1 saturated heterocycles. The predicted molar refractivity (Wildman–Crippen MR) is 58.9 cm³/mol. The van der Waals surface area contributed by atoms with Crippen LogP contribution in [0.5, 0.6) is 0 Å². The highest BCUT2D eigenvalue weighted by atomic mass is 16.7. The second kappa shape index (κ2) is 4.94. The van der Waals surface area contributed by atoms with Gasteiger partial charge in [0.05, 0.1) is 5.41 Å². The molecule has 0 aromatic rings. The van der Waals surface area contributed by atoms with Gasteiger partial charge in [0.25, 0.3) is 0 Å². The molecule has 0 aromatic carbocycles. The average molecular weight is 214 g/mol. The summed E-state index contributed by atoms with van der Waals surface area (Å²) in [5.74, 6) is 0.298. The lowest BCUT2D eigenvalue weighted by atomic mass is 9.97. The summed E-state index contributed by atoms with van der Waals surface area (Å²) < 4.78 is 0. The van der Waals surface area contributed by atoms with Crippen molar-refractivity contribution in [3.8, 4) is 0 Å². The van der Waals surface area contributed by atoms with Gasteiger partial charge in [0.15, 0.2) is 0 Å². The minimum atomic E-state index is -0.435. The van der Waals surface area contributed by atoms with Crippen molar-refractivity contribution in [2.24, 2.45) is 17.1 Å². The van der Waals surface area contributed by atoms with Crippen LogP contribution >= 0.6 is 0 Å². The van der Waals surface area contributed by atoms with Gasteiger partial charge in [-0.2, -0.15) is 0 Å². The maximum Gasteiger partial charge on any atom is 0.330 e. The number of hydrogen-bond donors (Lipinski definition) is 1. The van der Waals surface area contributed by atoms with E-state index < -0.39 is 5.41 Å². The lowest BCUT2D eigenvalue weighted by molar-refractivity contribution is -0.207. The molecule has 4 nitrogen and oxygen atoms in total. The summed E-state index contributed by atoms with van der Waals surface area (Å²) in [6.45, 7) is 7.86. The maximum atomic E-state index is 11.6. The highest BCUT2D eigenvalue weighted by Crippen LogP contribution is 2.20. The van der Waals surface area contributed by atoms with E-state index in [1.54, 1.807) is 5.06 Å². The van der Waals surface area contributed by atoms with Crippen molar-refractivity contribution in [3.63, 3.8) is 0 Å². The highest BCUT2D eigenvalue weighted by Gasteiger charge is 2.28. The third-order valence-corrected chi connectivity index (χ3v) is 2.64. The molecule has 1 heterocycles. The Morgan fingerprint density at radius 3 is 2.73 bits per heavy atom. The lowest BCUT2D eigenvalue weighted by Crippen LogP contribution is -2.41. The Bertz CT molecular complexity index is 223. The molecule has 15 heavy (non-hydrogen) atoms. The summed E-state index contributed by atoms with van der Waals surface area (Å²) in [4.78, 5) is 17.0. The third-order valence-electron chi connectivity index (χ3n) is 2.64. The minimum Gasteiger partial charge on any atom is -0.367 e. The van der Waals surface area contributed by atoms with E-state index in [1.807, 2.05) is 20.8 Å². The molecule has 1 rings (SSSR count). The van der Waals surface area contributed by atoms with E-state index in [0.29, 0.717) is 12.5 Å². The van der Waals surface area contributed by atoms with E-state index in [2.05, 4.69) is 0 Å². The summed E-state index contributed by atoms with van der Waals surface area (Å²) in [6.07, 6.45) is 2.19. The van der Waals surface area contributed by atoms with Gasteiger partial charge in [0.1, 0.15) is 0 Å². The van der Waals surface area contributed by atoms with Gasteiger partial charge in [-0.05, 0) is 46.1 Å². The smallest absolute Gasteiger partial charge is 0.330 e. The van der Waals surface area contributed by atoms with E-state index >= 15 is 0 Å². The largest absolute Gasteiger partial charge is 0.367 e. The number of nitrogens with zero attached hydrogens (tertiary/aromatic N) is 1. The molecule has 0 amide bonds. The van der Waals surface area contributed by atoms with Gasteiger partial charge in [-0.15, -0.1) is 5.06 Å². The van der Waals surface area contributed by atoms with E-state index in [1.165, 1.54) is 0 Å². The minimum absolute atomic E-state index is 0.167. The molecule has 1 aliphatic heterocycles. The number of rotatable bonds is 2. The first-order valence-electron chi connectivity index (χ1n) is 5.61. The zero-order valence-corrected chi connectivity index (χ0v) is 9.95. The summed E-state index contributed by atoms with van der Waals surface area (Å²) in [5.41, 5.74) is 5.18. The SMILES string of the molecule is CC(C)(C)C(=O)ON1CCCC(CN)C1. The topological polar surface area (TPSA) is 55.6 Å². The van der Waals surface area contributed by atoms with E-state index in [9.17, 15) is 4.79 Å². The molecule has 0 saturated carbocycles. The molecule has 0 bridgehead atoms. The van der Waals surface area contributed by atoms with Crippen LogP contribution in [0.3, 0.4) is 0 Å². The average Bonchev–Trinajstić information content (AvgIpc) is 2.16. The van der Waals surface area contributed by atoms with Crippen molar-refractivity contribution in [2.75, 3.05) is 19.6 Å². The number of hydrogen-bond acceptors (Lipinski definition) is 4. The van der Waals surface area contributed by atoms with Crippen LogP contribution in [0.2, 0.25) is 0 Å². The van der Waals surface area contributed by atoms with Crippen LogP contribution in [0.1, 0.15) is 33.6 Å². The van der Waals surface area contributed by atoms with Crippen LogP contribution < -0.4 is 5.73 Å².